The van der Waals surface area contributed by atoms with E-state index in [0.29, 0.717) is 37.1 Å². The third kappa shape index (κ3) is 4.24. The first-order valence-electron chi connectivity index (χ1n) is 9.75. The summed E-state index contributed by atoms with van der Waals surface area (Å²) in [6.07, 6.45) is 3.42. The Bertz CT molecular complexity index is 1080. The van der Waals surface area contributed by atoms with Gasteiger partial charge in [-0.15, -0.1) is 0 Å². The first kappa shape index (κ1) is 19.8. The molecule has 4 rings (SSSR count). The largest absolute Gasteiger partial charge is 0.445 e. The van der Waals surface area contributed by atoms with Gasteiger partial charge in [0.25, 0.3) is 0 Å². The fraction of sp³-hybridized carbons (Fsp3) is 0.227. The average molecular weight is 405 g/mol. The van der Waals surface area contributed by atoms with Crippen molar-refractivity contribution < 1.29 is 14.6 Å². The number of aliphatic hydroxyl groups is 2. The Morgan fingerprint density at radius 3 is 2.40 bits per heavy atom. The maximum absolute atomic E-state index is 9.39. The lowest BCUT2D eigenvalue weighted by Crippen LogP contribution is -2.31. The van der Waals surface area contributed by atoms with Gasteiger partial charge in [0, 0.05) is 24.8 Å². The molecule has 30 heavy (non-hydrogen) atoms. The SMILES string of the molecule is OCCN(CCO)c1nc(NCc2ccccn2)c2c(-c3ccccc3)coc2n1. The Balaban J connectivity index is 1.79. The molecule has 0 unspecified atom stereocenters. The highest BCUT2D eigenvalue weighted by Crippen LogP contribution is 2.35. The summed E-state index contributed by atoms with van der Waals surface area (Å²) in [6.45, 7) is 0.929. The summed E-state index contributed by atoms with van der Waals surface area (Å²) in [5.41, 5.74) is 3.19. The number of hydrogen-bond donors (Lipinski definition) is 3. The highest BCUT2D eigenvalue weighted by atomic mass is 16.3. The summed E-state index contributed by atoms with van der Waals surface area (Å²) in [5, 5.41) is 22.9. The molecular formula is C22H23N5O3. The van der Waals surface area contributed by atoms with Gasteiger partial charge in [-0.1, -0.05) is 36.4 Å². The van der Waals surface area contributed by atoms with E-state index in [0.717, 1.165) is 22.2 Å². The zero-order valence-corrected chi connectivity index (χ0v) is 16.4. The highest BCUT2D eigenvalue weighted by Gasteiger charge is 2.19. The third-order valence-corrected chi connectivity index (χ3v) is 4.69. The Hall–Kier alpha value is -3.49. The molecule has 8 heteroatoms. The Morgan fingerprint density at radius 1 is 0.933 bits per heavy atom. The lowest BCUT2D eigenvalue weighted by atomic mass is 10.1. The van der Waals surface area contributed by atoms with Crippen LogP contribution in [-0.4, -0.2) is 51.5 Å². The van der Waals surface area contributed by atoms with E-state index < -0.39 is 0 Å². The molecule has 0 amide bonds. The molecule has 0 atom stereocenters. The summed E-state index contributed by atoms with van der Waals surface area (Å²) in [4.78, 5) is 15.3. The summed E-state index contributed by atoms with van der Waals surface area (Å²) in [5.74, 6) is 0.984. The van der Waals surface area contributed by atoms with Crippen molar-refractivity contribution in [1.82, 2.24) is 15.0 Å². The standard InChI is InChI=1S/C22H23N5O3/c28-12-10-27(11-13-29)22-25-20(24-14-17-8-4-5-9-23-17)19-18(15-30-21(19)26-22)16-6-2-1-3-7-16/h1-9,15,28-29H,10-14H2,(H,24,25,26). The topological polar surface area (TPSA) is 108 Å². The number of benzene rings is 1. The smallest absolute Gasteiger partial charge is 0.233 e. The molecule has 3 aromatic heterocycles. The van der Waals surface area contributed by atoms with Crippen LogP contribution in [0.25, 0.3) is 22.2 Å². The number of aromatic nitrogens is 3. The van der Waals surface area contributed by atoms with E-state index in [1.807, 2.05) is 48.5 Å². The van der Waals surface area contributed by atoms with Crippen molar-refractivity contribution in [3.8, 4) is 11.1 Å². The Kier molecular flexibility index (Phi) is 6.17. The first-order chi connectivity index (χ1) is 14.8. The number of aliphatic hydroxyl groups excluding tert-OH is 2. The number of fused-ring (bicyclic) bond motifs is 1. The van der Waals surface area contributed by atoms with Crippen molar-refractivity contribution in [1.29, 1.82) is 0 Å². The van der Waals surface area contributed by atoms with Gasteiger partial charge in [-0.05, 0) is 17.7 Å². The van der Waals surface area contributed by atoms with Crippen LogP contribution < -0.4 is 10.2 Å². The molecule has 3 heterocycles. The molecular weight excluding hydrogens is 382 g/mol. The molecule has 0 spiro atoms. The molecule has 0 bridgehead atoms. The van der Waals surface area contributed by atoms with Gasteiger partial charge in [0.1, 0.15) is 12.1 Å². The summed E-state index contributed by atoms with van der Waals surface area (Å²) in [7, 11) is 0. The number of nitrogens with zero attached hydrogens (tertiary/aromatic N) is 4. The molecule has 0 saturated heterocycles. The van der Waals surface area contributed by atoms with E-state index >= 15 is 0 Å². The Morgan fingerprint density at radius 2 is 1.70 bits per heavy atom. The lowest BCUT2D eigenvalue weighted by molar-refractivity contribution is 0.280. The monoisotopic (exact) mass is 405 g/mol. The molecule has 0 aliphatic rings. The van der Waals surface area contributed by atoms with Gasteiger partial charge < -0.3 is 24.8 Å². The van der Waals surface area contributed by atoms with Gasteiger partial charge in [0.05, 0.1) is 30.8 Å². The number of anilines is 2. The predicted molar refractivity (Wildman–Crippen MR) is 115 cm³/mol. The molecule has 0 aliphatic carbocycles. The predicted octanol–water partition coefficient (Wildman–Crippen LogP) is 2.69. The fourth-order valence-corrected chi connectivity index (χ4v) is 3.26. The van der Waals surface area contributed by atoms with Gasteiger partial charge >= 0.3 is 0 Å². The summed E-state index contributed by atoms with van der Waals surface area (Å²) < 4.78 is 5.78. The van der Waals surface area contributed by atoms with Crippen LogP contribution in [0.1, 0.15) is 5.69 Å². The molecule has 1 aromatic carbocycles. The molecule has 0 radical (unpaired) electrons. The van der Waals surface area contributed by atoms with Crippen LogP contribution in [0.3, 0.4) is 0 Å². The number of rotatable bonds is 9. The van der Waals surface area contributed by atoms with E-state index in [4.69, 9.17) is 9.40 Å². The van der Waals surface area contributed by atoms with Gasteiger partial charge in [0.2, 0.25) is 11.7 Å². The fourth-order valence-electron chi connectivity index (χ4n) is 3.26. The maximum Gasteiger partial charge on any atom is 0.233 e. The second-order valence-electron chi connectivity index (χ2n) is 6.68. The van der Waals surface area contributed by atoms with Crippen LogP contribution >= 0.6 is 0 Å². The summed E-state index contributed by atoms with van der Waals surface area (Å²) in [6, 6.07) is 15.6. The van der Waals surface area contributed by atoms with E-state index in [-0.39, 0.29) is 13.2 Å². The molecule has 0 fully saturated rings. The van der Waals surface area contributed by atoms with Crippen LogP contribution in [0.4, 0.5) is 11.8 Å². The number of pyridine rings is 1. The third-order valence-electron chi connectivity index (χ3n) is 4.69. The molecule has 3 N–H and O–H groups in total. The van der Waals surface area contributed by atoms with Crippen LogP contribution in [0.5, 0.6) is 0 Å². The molecule has 154 valence electrons. The highest BCUT2D eigenvalue weighted by molar-refractivity contribution is 6.00. The minimum absolute atomic E-state index is 0.0779. The van der Waals surface area contributed by atoms with Crippen molar-refractivity contribution in [2.45, 2.75) is 6.54 Å². The van der Waals surface area contributed by atoms with Crippen LogP contribution in [0.2, 0.25) is 0 Å². The van der Waals surface area contributed by atoms with Crippen molar-refractivity contribution in [2.75, 3.05) is 36.5 Å². The van der Waals surface area contributed by atoms with Gasteiger partial charge in [0.15, 0.2) is 0 Å². The van der Waals surface area contributed by atoms with Crippen LogP contribution in [-0.2, 0) is 6.54 Å². The van der Waals surface area contributed by atoms with Crippen LogP contribution in [0, 0.1) is 0 Å². The molecule has 4 aromatic rings. The van der Waals surface area contributed by atoms with Gasteiger partial charge in [-0.2, -0.15) is 9.97 Å². The number of furan rings is 1. The van der Waals surface area contributed by atoms with E-state index in [9.17, 15) is 10.2 Å². The van der Waals surface area contributed by atoms with E-state index in [2.05, 4.69) is 15.3 Å². The van der Waals surface area contributed by atoms with E-state index in [1.165, 1.54) is 0 Å². The number of nitrogens with one attached hydrogen (secondary N) is 1. The molecule has 8 nitrogen and oxygen atoms in total. The van der Waals surface area contributed by atoms with Crippen molar-refractivity contribution in [3.05, 3.63) is 66.7 Å². The van der Waals surface area contributed by atoms with Crippen molar-refractivity contribution in [3.63, 3.8) is 0 Å². The minimum atomic E-state index is -0.0779. The normalized spacial score (nSPS) is 11.0. The van der Waals surface area contributed by atoms with E-state index in [1.54, 1.807) is 17.4 Å². The molecule has 0 saturated carbocycles. The lowest BCUT2D eigenvalue weighted by Gasteiger charge is -2.21. The van der Waals surface area contributed by atoms with Crippen LogP contribution in [0.15, 0.2) is 65.4 Å². The van der Waals surface area contributed by atoms with Gasteiger partial charge in [-0.3, -0.25) is 4.98 Å². The number of hydrogen-bond acceptors (Lipinski definition) is 8. The van der Waals surface area contributed by atoms with Crippen molar-refractivity contribution in [2.24, 2.45) is 0 Å². The first-order valence-corrected chi connectivity index (χ1v) is 9.75. The zero-order chi connectivity index (χ0) is 20.8. The maximum atomic E-state index is 9.39. The average Bonchev–Trinajstić information content (AvgIpc) is 3.23. The Labute approximate surface area is 173 Å². The van der Waals surface area contributed by atoms with Gasteiger partial charge in [-0.25, -0.2) is 0 Å². The minimum Gasteiger partial charge on any atom is -0.445 e. The molecule has 0 aliphatic heterocycles. The zero-order valence-electron chi connectivity index (χ0n) is 16.4. The second-order valence-corrected chi connectivity index (χ2v) is 6.68. The summed E-state index contributed by atoms with van der Waals surface area (Å²) >= 11 is 0. The quantitative estimate of drug-likeness (QED) is 0.390. The second kappa shape index (κ2) is 9.34. The van der Waals surface area contributed by atoms with Crippen molar-refractivity contribution >= 4 is 22.9 Å².